The number of sulfonamides is 1. The van der Waals surface area contributed by atoms with E-state index in [1.807, 2.05) is 6.07 Å². The molecule has 0 atom stereocenters. The molecule has 0 aliphatic carbocycles. The minimum atomic E-state index is -3.84. The van der Waals surface area contributed by atoms with Crippen molar-refractivity contribution < 1.29 is 8.42 Å². The number of hydrogen-bond acceptors (Lipinski definition) is 5. The molecule has 0 unspecified atom stereocenters. The number of hydrogen-bond donors (Lipinski definition) is 2. The van der Waals surface area contributed by atoms with E-state index < -0.39 is 10.0 Å². The molecule has 1 heterocycles. The van der Waals surface area contributed by atoms with Crippen LogP contribution in [0.2, 0.25) is 5.02 Å². The number of nitrogens with one attached hydrogen (secondary N) is 1. The van der Waals surface area contributed by atoms with Crippen molar-refractivity contribution in [3.05, 3.63) is 47.2 Å². The maximum Gasteiger partial charge on any atom is 0.263 e. The topological polar surface area (TPSA) is 109 Å². The summed E-state index contributed by atoms with van der Waals surface area (Å²) in [6.07, 6.45) is 1.10. The van der Waals surface area contributed by atoms with Gasteiger partial charge in [0, 0.05) is 11.2 Å². The average molecular weight is 309 g/mol. The molecular formula is C12H9ClN4O2S. The molecule has 8 heteroatoms. The standard InChI is InChI=1S/C12H9ClN4O2S/c13-8-1-4-11(15)12(5-8)17-20(18,19)10-3-2-9(6-14)16-7-10/h1-5,7,17H,15H2. The van der Waals surface area contributed by atoms with Gasteiger partial charge in [-0.25, -0.2) is 13.4 Å². The highest BCUT2D eigenvalue weighted by Crippen LogP contribution is 2.25. The van der Waals surface area contributed by atoms with Crippen LogP contribution in [0.3, 0.4) is 0 Å². The summed E-state index contributed by atoms with van der Waals surface area (Å²) < 4.78 is 26.6. The summed E-state index contributed by atoms with van der Waals surface area (Å²) in [5, 5.41) is 8.98. The number of pyridine rings is 1. The van der Waals surface area contributed by atoms with Crippen molar-refractivity contribution in [2.75, 3.05) is 10.5 Å². The lowest BCUT2D eigenvalue weighted by Gasteiger charge is -2.10. The lowest BCUT2D eigenvalue weighted by molar-refractivity contribution is 0.601. The maximum atomic E-state index is 12.1. The molecular weight excluding hydrogens is 300 g/mol. The molecule has 1 aromatic carbocycles. The molecule has 0 aliphatic heterocycles. The van der Waals surface area contributed by atoms with E-state index in [9.17, 15) is 8.42 Å². The van der Waals surface area contributed by atoms with Gasteiger partial charge in [-0.15, -0.1) is 0 Å². The van der Waals surface area contributed by atoms with E-state index in [1.54, 1.807) is 6.07 Å². The van der Waals surface area contributed by atoms with Crippen molar-refractivity contribution in [2.24, 2.45) is 0 Å². The van der Waals surface area contributed by atoms with Crippen LogP contribution in [0.4, 0.5) is 11.4 Å². The molecule has 0 aliphatic rings. The molecule has 0 spiro atoms. The van der Waals surface area contributed by atoms with Gasteiger partial charge in [-0.1, -0.05) is 11.6 Å². The van der Waals surface area contributed by atoms with Crippen LogP contribution in [0.1, 0.15) is 5.69 Å². The molecule has 2 aromatic rings. The number of rotatable bonds is 3. The van der Waals surface area contributed by atoms with Gasteiger partial charge in [-0.05, 0) is 30.3 Å². The van der Waals surface area contributed by atoms with Gasteiger partial charge in [0.15, 0.2) is 0 Å². The summed E-state index contributed by atoms with van der Waals surface area (Å²) in [4.78, 5) is 3.63. The van der Waals surface area contributed by atoms with Gasteiger partial charge in [0.1, 0.15) is 16.7 Å². The van der Waals surface area contributed by atoms with Crippen LogP contribution >= 0.6 is 11.6 Å². The van der Waals surface area contributed by atoms with E-state index in [4.69, 9.17) is 22.6 Å². The number of nitriles is 1. The number of aromatic nitrogens is 1. The quantitative estimate of drug-likeness (QED) is 0.843. The number of nitrogens with zero attached hydrogens (tertiary/aromatic N) is 2. The molecule has 0 amide bonds. The Kier molecular flexibility index (Phi) is 3.79. The zero-order chi connectivity index (χ0) is 14.8. The Morgan fingerprint density at radius 3 is 2.65 bits per heavy atom. The van der Waals surface area contributed by atoms with Crippen molar-refractivity contribution in [3.63, 3.8) is 0 Å². The SMILES string of the molecule is N#Cc1ccc(S(=O)(=O)Nc2cc(Cl)ccc2N)cn1. The first kappa shape index (κ1) is 14.1. The molecule has 0 fully saturated rings. The average Bonchev–Trinajstić information content (AvgIpc) is 2.43. The van der Waals surface area contributed by atoms with Gasteiger partial charge in [0.05, 0.1) is 11.4 Å². The minimum Gasteiger partial charge on any atom is -0.397 e. The van der Waals surface area contributed by atoms with Crippen molar-refractivity contribution in [1.29, 1.82) is 5.26 Å². The third-order valence-electron chi connectivity index (χ3n) is 2.42. The van der Waals surface area contributed by atoms with Crippen LogP contribution < -0.4 is 10.5 Å². The normalized spacial score (nSPS) is 10.8. The van der Waals surface area contributed by atoms with Crippen molar-refractivity contribution in [3.8, 4) is 6.07 Å². The van der Waals surface area contributed by atoms with Crippen LogP contribution in [0.15, 0.2) is 41.4 Å². The first-order valence-electron chi connectivity index (χ1n) is 5.36. The van der Waals surface area contributed by atoms with E-state index >= 15 is 0 Å². The highest BCUT2D eigenvalue weighted by atomic mass is 35.5. The fraction of sp³-hybridized carbons (Fsp3) is 0. The summed E-state index contributed by atoms with van der Waals surface area (Å²) >= 11 is 5.79. The Hall–Kier alpha value is -2.30. The fourth-order valence-corrected chi connectivity index (χ4v) is 2.62. The predicted molar refractivity (Wildman–Crippen MR) is 75.6 cm³/mol. The Balaban J connectivity index is 2.35. The second-order valence-corrected chi connectivity index (χ2v) is 5.95. The Labute approximate surface area is 120 Å². The van der Waals surface area contributed by atoms with Crippen LogP contribution in [0.5, 0.6) is 0 Å². The van der Waals surface area contributed by atoms with Crippen molar-refractivity contribution in [2.45, 2.75) is 4.90 Å². The third-order valence-corrected chi connectivity index (χ3v) is 4.01. The predicted octanol–water partition coefficient (Wildman–Crippen LogP) is 1.99. The van der Waals surface area contributed by atoms with Gasteiger partial charge in [0.2, 0.25) is 0 Å². The second-order valence-electron chi connectivity index (χ2n) is 3.83. The Bertz CT molecular complexity index is 782. The summed E-state index contributed by atoms with van der Waals surface area (Å²) in [5.74, 6) is 0. The maximum absolute atomic E-state index is 12.1. The molecule has 102 valence electrons. The molecule has 0 radical (unpaired) electrons. The summed E-state index contributed by atoms with van der Waals surface area (Å²) in [6.45, 7) is 0. The summed E-state index contributed by atoms with van der Waals surface area (Å²) in [6, 6.07) is 8.87. The van der Waals surface area contributed by atoms with E-state index in [-0.39, 0.29) is 22.0 Å². The third kappa shape index (κ3) is 2.99. The zero-order valence-corrected chi connectivity index (χ0v) is 11.6. The van der Waals surface area contributed by atoms with Gasteiger partial charge in [-0.2, -0.15) is 5.26 Å². The van der Waals surface area contributed by atoms with Gasteiger partial charge < -0.3 is 5.73 Å². The fourth-order valence-electron chi connectivity index (χ4n) is 1.43. The smallest absolute Gasteiger partial charge is 0.263 e. The van der Waals surface area contributed by atoms with E-state index in [0.29, 0.717) is 5.02 Å². The zero-order valence-electron chi connectivity index (χ0n) is 10.0. The molecule has 0 saturated heterocycles. The lowest BCUT2D eigenvalue weighted by atomic mass is 10.3. The molecule has 3 N–H and O–H groups in total. The number of anilines is 2. The first-order chi connectivity index (χ1) is 9.42. The lowest BCUT2D eigenvalue weighted by Crippen LogP contribution is -2.14. The minimum absolute atomic E-state index is 0.0733. The van der Waals surface area contributed by atoms with Crippen LogP contribution in [-0.4, -0.2) is 13.4 Å². The molecule has 0 bridgehead atoms. The van der Waals surface area contributed by atoms with Gasteiger partial charge >= 0.3 is 0 Å². The molecule has 2 rings (SSSR count). The van der Waals surface area contributed by atoms with Crippen molar-refractivity contribution in [1.82, 2.24) is 4.98 Å². The van der Waals surface area contributed by atoms with Crippen LogP contribution in [0, 0.1) is 11.3 Å². The number of nitrogens with two attached hydrogens (primary N) is 1. The van der Waals surface area contributed by atoms with E-state index in [0.717, 1.165) is 6.20 Å². The van der Waals surface area contributed by atoms with Crippen molar-refractivity contribution >= 4 is 33.0 Å². The number of nitrogen functional groups attached to an aromatic ring is 1. The van der Waals surface area contributed by atoms with E-state index in [2.05, 4.69) is 9.71 Å². The molecule has 6 nitrogen and oxygen atoms in total. The highest BCUT2D eigenvalue weighted by molar-refractivity contribution is 7.92. The Morgan fingerprint density at radius 1 is 1.30 bits per heavy atom. The van der Waals surface area contributed by atoms with Gasteiger partial charge in [-0.3, -0.25) is 4.72 Å². The summed E-state index contributed by atoms with van der Waals surface area (Å²) in [7, 11) is -3.84. The van der Waals surface area contributed by atoms with Crippen LogP contribution in [0.25, 0.3) is 0 Å². The first-order valence-corrected chi connectivity index (χ1v) is 7.22. The molecule has 0 saturated carbocycles. The monoisotopic (exact) mass is 308 g/mol. The highest BCUT2D eigenvalue weighted by Gasteiger charge is 2.16. The molecule has 1 aromatic heterocycles. The largest absolute Gasteiger partial charge is 0.397 e. The molecule has 20 heavy (non-hydrogen) atoms. The summed E-state index contributed by atoms with van der Waals surface area (Å²) in [5.41, 5.74) is 6.24. The Morgan fingerprint density at radius 2 is 2.05 bits per heavy atom. The second kappa shape index (κ2) is 5.36. The number of halogens is 1. The van der Waals surface area contributed by atoms with Gasteiger partial charge in [0.25, 0.3) is 10.0 Å². The number of benzene rings is 1. The van der Waals surface area contributed by atoms with Crippen LogP contribution in [-0.2, 0) is 10.0 Å². The van der Waals surface area contributed by atoms with E-state index in [1.165, 1.54) is 24.3 Å².